The van der Waals surface area contributed by atoms with Crippen LogP contribution in [0.1, 0.15) is 52.4 Å². The Kier molecular flexibility index (Phi) is 5.28. The molecular formula is C29H26O3. The number of fused-ring (bicyclic) bond motifs is 3. The van der Waals surface area contributed by atoms with Gasteiger partial charge in [0, 0.05) is 17.5 Å². The predicted octanol–water partition coefficient (Wildman–Crippen LogP) is 6.04. The first-order valence-corrected chi connectivity index (χ1v) is 11.2. The number of carbonyl (C=O) groups is 1. The van der Waals surface area contributed by atoms with Gasteiger partial charge in [0.25, 0.3) is 0 Å². The van der Waals surface area contributed by atoms with Crippen LogP contribution >= 0.6 is 0 Å². The molecule has 0 saturated carbocycles. The van der Waals surface area contributed by atoms with Crippen LogP contribution in [0.5, 0.6) is 5.75 Å². The summed E-state index contributed by atoms with van der Waals surface area (Å²) in [5.74, 6) is 0.848. The standard InChI is InChI=1S/C29H26O3/c1-2-3-16-32-23-15-14-21-17-20(12-13-22(21)18-23)19-29(31)26-10-6-4-8-24(26)28(30)25-9-5-7-11-27(25)29/h4-15,17-18,31H,2-3,16,19H2,1H3. The Morgan fingerprint density at radius 2 is 1.44 bits per heavy atom. The van der Waals surface area contributed by atoms with Crippen molar-refractivity contribution in [3.63, 3.8) is 0 Å². The van der Waals surface area contributed by atoms with E-state index in [1.165, 1.54) is 0 Å². The van der Waals surface area contributed by atoms with Gasteiger partial charge in [-0.25, -0.2) is 0 Å². The molecule has 0 bridgehead atoms. The highest BCUT2D eigenvalue weighted by atomic mass is 16.5. The number of ketones is 1. The molecule has 32 heavy (non-hydrogen) atoms. The monoisotopic (exact) mass is 422 g/mol. The number of hydrogen-bond donors (Lipinski definition) is 1. The molecule has 5 rings (SSSR count). The van der Waals surface area contributed by atoms with Crippen molar-refractivity contribution in [3.05, 3.63) is 113 Å². The van der Waals surface area contributed by atoms with Gasteiger partial charge in [-0.1, -0.05) is 86.1 Å². The molecule has 0 spiro atoms. The molecular weight excluding hydrogens is 396 g/mol. The zero-order chi connectivity index (χ0) is 22.1. The summed E-state index contributed by atoms with van der Waals surface area (Å²) in [5, 5.41) is 14.2. The van der Waals surface area contributed by atoms with E-state index in [1.807, 2.05) is 42.5 Å². The largest absolute Gasteiger partial charge is 0.494 e. The van der Waals surface area contributed by atoms with E-state index >= 15 is 0 Å². The summed E-state index contributed by atoms with van der Waals surface area (Å²) in [6.07, 6.45) is 2.54. The molecule has 4 aromatic rings. The minimum Gasteiger partial charge on any atom is -0.494 e. The summed E-state index contributed by atoms with van der Waals surface area (Å²) in [4.78, 5) is 13.0. The van der Waals surface area contributed by atoms with Gasteiger partial charge in [0.1, 0.15) is 11.4 Å². The van der Waals surface area contributed by atoms with E-state index in [0.29, 0.717) is 28.7 Å². The second-order valence-corrected chi connectivity index (χ2v) is 8.50. The smallest absolute Gasteiger partial charge is 0.193 e. The van der Waals surface area contributed by atoms with Crippen LogP contribution in [-0.4, -0.2) is 17.5 Å². The maximum absolute atomic E-state index is 13.0. The minimum absolute atomic E-state index is 0.0324. The van der Waals surface area contributed by atoms with Crippen LogP contribution in [0.2, 0.25) is 0 Å². The zero-order valence-corrected chi connectivity index (χ0v) is 18.2. The third-order valence-electron chi connectivity index (χ3n) is 6.34. The Balaban J connectivity index is 1.52. The van der Waals surface area contributed by atoms with Crippen molar-refractivity contribution in [2.45, 2.75) is 31.8 Å². The molecule has 0 saturated heterocycles. The van der Waals surface area contributed by atoms with Crippen molar-refractivity contribution in [1.82, 2.24) is 0 Å². The van der Waals surface area contributed by atoms with E-state index in [2.05, 4.69) is 37.3 Å². The van der Waals surface area contributed by atoms with Crippen LogP contribution < -0.4 is 4.74 Å². The van der Waals surface area contributed by atoms with E-state index in [-0.39, 0.29) is 5.78 Å². The first-order valence-electron chi connectivity index (χ1n) is 11.2. The van der Waals surface area contributed by atoms with Crippen LogP contribution in [-0.2, 0) is 12.0 Å². The quantitative estimate of drug-likeness (QED) is 0.385. The average Bonchev–Trinajstić information content (AvgIpc) is 2.83. The average molecular weight is 423 g/mol. The number of benzene rings is 4. The fourth-order valence-electron chi connectivity index (χ4n) is 4.67. The molecule has 160 valence electrons. The second kappa shape index (κ2) is 8.25. The second-order valence-electron chi connectivity index (χ2n) is 8.50. The molecule has 0 aliphatic heterocycles. The third-order valence-corrected chi connectivity index (χ3v) is 6.34. The minimum atomic E-state index is -1.27. The fourth-order valence-corrected chi connectivity index (χ4v) is 4.67. The van der Waals surface area contributed by atoms with Crippen LogP contribution in [0.15, 0.2) is 84.9 Å². The van der Waals surface area contributed by atoms with Gasteiger partial charge >= 0.3 is 0 Å². The molecule has 1 aliphatic rings. The highest BCUT2D eigenvalue weighted by Gasteiger charge is 2.41. The van der Waals surface area contributed by atoms with Crippen molar-refractivity contribution >= 4 is 16.6 Å². The normalized spacial score (nSPS) is 14.1. The molecule has 0 unspecified atom stereocenters. The lowest BCUT2D eigenvalue weighted by molar-refractivity contribution is 0.0721. The van der Waals surface area contributed by atoms with Gasteiger partial charge in [-0.15, -0.1) is 0 Å². The SMILES string of the molecule is CCCCOc1ccc2cc(CC3(O)c4ccccc4C(=O)c4ccccc43)ccc2c1. The van der Waals surface area contributed by atoms with Gasteiger partial charge in [0.05, 0.1) is 6.61 Å². The van der Waals surface area contributed by atoms with Crippen molar-refractivity contribution in [2.75, 3.05) is 6.61 Å². The predicted molar refractivity (Wildman–Crippen MR) is 127 cm³/mol. The lowest BCUT2D eigenvalue weighted by Crippen LogP contribution is -2.37. The number of hydrogen-bond acceptors (Lipinski definition) is 3. The molecule has 1 N–H and O–H groups in total. The van der Waals surface area contributed by atoms with Gasteiger partial charge < -0.3 is 9.84 Å². The Labute approximate surface area is 188 Å². The summed E-state index contributed by atoms with van der Waals surface area (Å²) in [7, 11) is 0. The number of carbonyl (C=O) groups excluding carboxylic acids is 1. The Morgan fingerprint density at radius 3 is 2.12 bits per heavy atom. The van der Waals surface area contributed by atoms with Gasteiger partial charge in [0.15, 0.2) is 5.78 Å². The van der Waals surface area contributed by atoms with Crippen molar-refractivity contribution < 1.29 is 14.6 Å². The summed E-state index contributed by atoms with van der Waals surface area (Å²) >= 11 is 0. The van der Waals surface area contributed by atoms with Crippen LogP contribution in [0, 0.1) is 0 Å². The highest BCUT2D eigenvalue weighted by Crippen LogP contribution is 2.42. The van der Waals surface area contributed by atoms with E-state index < -0.39 is 5.60 Å². The summed E-state index contributed by atoms with van der Waals surface area (Å²) in [5.41, 5.74) is 2.23. The lowest BCUT2D eigenvalue weighted by Gasteiger charge is -2.36. The molecule has 0 aromatic heterocycles. The fraction of sp³-hybridized carbons (Fsp3) is 0.207. The van der Waals surface area contributed by atoms with Crippen LogP contribution in [0.4, 0.5) is 0 Å². The first kappa shape index (κ1) is 20.5. The molecule has 1 aliphatic carbocycles. The van der Waals surface area contributed by atoms with Gasteiger partial charge in [-0.05, 0) is 46.0 Å². The van der Waals surface area contributed by atoms with Gasteiger partial charge in [0.2, 0.25) is 0 Å². The Bertz CT molecular complexity index is 1260. The summed E-state index contributed by atoms with van der Waals surface area (Å²) in [6, 6.07) is 27.2. The molecule has 3 heteroatoms. The number of aliphatic hydroxyl groups is 1. The van der Waals surface area contributed by atoms with Gasteiger partial charge in [-0.2, -0.15) is 0 Å². The first-order chi connectivity index (χ1) is 15.6. The van der Waals surface area contributed by atoms with Crippen molar-refractivity contribution in [3.8, 4) is 5.75 Å². The molecule has 0 atom stereocenters. The summed E-state index contributed by atoms with van der Waals surface area (Å²) < 4.78 is 5.84. The van der Waals surface area contributed by atoms with E-state index in [1.54, 1.807) is 12.1 Å². The highest BCUT2D eigenvalue weighted by molar-refractivity contribution is 6.13. The molecule has 4 aromatic carbocycles. The topological polar surface area (TPSA) is 46.5 Å². The molecule has 0 amide bonds. The van der Waals surface area contributed by atoms with E-state index in [9.17, 15) is 9.90 Å². The zero-order valence-electron chi connectivity index (χ0n) is 18.2. The maximum Gasteiger partial charge on any atom is 0.193 e. The molecule has 0 heterocycles. The number of ether oxygens (including phenoxy) is 1. The van der Waals surface area contributed by atoms with Crippen LogP contribution in [0.3, 0.4) is 0 Å². The molecule has 3 nitrogen and oxygen atoms in total. The van der Waals surface area contributed by atoms with E-state index in [4.69, 9.17) is 4.74 Å². The van der Waals surface area contributed by atoms with Gasteiger partial charge in [-0.3, -0.25) is 4.79 Å². The van der Waals surface area contributed by atoms with Crippen molar-refractivity contribution in [2.24, 2.45) is 0 Å². The molecule has 0 radical (unpaired) electrons. The van der Waals surface area contributed by atoms with Crippen LogP contribution in [0.25, 0.3) is 10.8 Å². The molecule has 0 fully saturated rings. The van der Waals surface area contributed by atoms with E-state index in [0.717, 1.165) is 41.5 Å². The Morgan fingerprint density at radius 1 is 0.812 bits per heavy atom. The lowest BCUT2D eigenvalue weighted by atomic mass is 9.71. The third kappa shape index (κ3) is 3.49. The number of unbranched alkanes of at least 4 members (excludes halogenated alkanes) is 1. The van der Waals surface area contributed by atoms with Crippen molar-refractivity contribution in [1.29, 1.82) is 0 Å². The maximum atomic E-state index is 13.0. The number of rotatable bonds is 6. The Hall–Kier alpha value is -3.43. The summed E-state index contributed by atoms with van der Waals surface area (Å²) in [6.45, 7) is 2.88.